The topological polar surface area (TPSA) is 59.4 Å². The van der Waals surface area contributed by atoms with Crippen molar-refractivity contribution in [1.82, 2.24) is 4.98 Å². The monoisotopic (exact) mass is 431 g/mol. The van der Waals surface area contributed by atoms with Crippen LogP contribution in [0.3, 0.4) is 0 Å². The summed E-state index contributed by atoms with van der Waals surface area (Å²) in [6, 6.07) is 15.7. The van der Waals surface area contributed by atoms with Crippen molar-refractivity contribution in [2.24, 2.45) is 0 Å². The molecule has 1 aliphatic rings. The zero-order chi connectivity index (χ0) is 16.7. The van der Waals surface area contributed by atoms with Gasteiger partial charge in [0.25, 0.3) is 0 Å². The van der Waals surface area contributed by atoms with Gasteiger partial charge in [0.2, 0.25) is 0 Å². The number of hydrogen-bond donors (Lipinski definition) is 1. The molecule has 0 unspecified atom stereocenters. The second-order valence-corrected chi connectivity index (χ2v) is 7.12. The van der Waals surface area contributed by atoms with Crippen molar-refractivity contribution in [2.75, 3.05) is 0 Å². The molecule has 4 rings (SSSR count). The quantitative estimate of drug-likeness (QED) is 0.443. The maximum absolute atomic E-state index is 11.3. The van der Waals surface area contributed by atoms with Gasteiger partial charge in [0, 0.05) is 20.1 Å². The zero-order valence-corrected chi connectivity index (χ0v) is 14.9. The minimum absolute atomic E-state index is 0.310. The lowest BCUT2D eigenvalue weighted by Crippen LogP contribution is -2.08. The highest BCUT2D eigenvalue weighted by Crippen LogP contribution is 2.50. The van der Waals surface area contributed by atoms with Gasteiger partial charge in [-0.1, -0.05) is 30.3 Å². The second kappa shape index (κ2) is 6.05. The number of ether oxygens (including phenoxy) is 1. The molecule has 1 N–H and O–H groups in total. The van der Waals surface area contributed by atoms with Crippen LogP contribution in [-0.4, -0.2) is 16.2 Å². The smallest absolute Gasteiger partial charge is 0.449 e. The fourth-order valence-corrected chi connectivity index (χ4v) is 3.48. The maximum atomic E-state index is 11.3. The summed E-state index contributed by atoms with van der Waals surface area (Å²) < 4.78 is 6.27. The van der Waals surface area contributed by atoms with E-state index in [9.17, 15) is 9.90 Å². The number of halogens is 1. The highest BCUT2D eigenvalue weighted by atomic mass is 127. The lowest BCUT2D eigenvalue weighted by atomic mass is 9.98. The van der Waals surface area contributed by atoms with E-state index in [-0.39, 0.29) is 0 Å². The predicted molar refractivity (Wildman–Crippen MR) is 101 cm³/mol. The largest absolute Gasteiger partial charge is 0.511 e. The third kappa shape index (κ3) is 2.84. The summed E-state index contributed by atoms with van der Waals surface area (Å²) in [5, 5.41) is 9.99. The molecule has 3 aromatic rings. The van der Waals surface area contributed by atoms with Crippen LogP contribution in [0.5, 0.6) is 5.75 Å². The molecule has 0 saturated heterocycles. The molecule has 0 radical (unpaired) electrons. The Labute approximate surface area is 152 Å². The second-order valence-electron chi connectivity index (χ2n) is 5.87. The van der Waals surface area contributed by atoms with Gasteiger partial charge in [-0.05, 0) is 59.5 Å². The highest BCUT2D eigenvalue weighted by molar-refractivity contribution is 14.1. The molecule has 0 amide bonds. The molecule has 0 atom stereocenters. The van der Waals surface area contributed by atoms with Crippen LogP contribution in [0.1, 0.15) is 24.3 Å². The Morgan fingerprint density at radius 2 is 1.92 bits per heavy atom. The van der Waals surface area contributed by atoms with Gasteiger partial charge in [-0.25, -0.2) is 9.78 Å². The van der Waals surface area contributed by atoms with Crippen LogP contribution in [0.2, 0.25) is 0 Å². The Hall–Kier alpha value is -2.15. The fraction of sp³-hybridized carbons (Fsp3) is 0.158. The SMILES string of the molecule is O=C(O)Oc1c(C2CC2)c(-c2ccccc2)nc2ccc(I)cc12. The van der Waals surface area contributed by atoms with Gasteiger partial charge in [0.1, 0.15) is 5.75 Å². The molecule has 0 aliphatic heterocycles. The molecule has 1 aromatic heterocycles. The molecule has 1 aliphatic carbocycles. The average molecular weight is 431 g/mol. The molecular formula is C19H14INO3. The lowest BCUT2D eigenvalue weighted by molar-refractivity contribution is 0.144. The number of benzene rings is 2. The molecule has 1 heterocycles. The van der Waals surface area contributed by atoms with Crippen molar-refractivity contribution in [3.63, 3.8) is 0 Å². The summed E-state index contributed by atoms with van der Waals surface area (Å²) in [4.78, 5) is 16.1. The molecule has 2 aromatic carbocycles. The first-order valence-corrected chi connectivity index (χ1v) is 8.80. The minimum Gasteiger partial charge on any atom is -0.449 e. The number of hydrogen-bond acceptors (Lipinski definition) is 3. The van der Waals surface area contributed by atoms with Crippen molar-refractivity contribution in [3.8, 4) is 17.0 Å². The van der Waals surface area contributed by atoms with Crippen LogP contribution in [-0.2, 0) is 0 Å². The van der Waals surface area contributed by atoms with Crippen LogP contribution in [0.4, 0.5) is 4.79 Å². The Kier molecular flexibility index (Phi) is 3.88. The van der Waals surface area contributed by atoms with Crippen molar-refractivity contribution < 1.29 is 14.6 Å². The van der Waals surface area contributed by atoms with E-state index in [2.05, 4.69) is 22.6 Å². The lowest BCUT2D eigenvalue weighted by Gasteiger charge is -2.16. The first-order valence-electron chi connectivity index (χ1n) is 7.73. The molecule has 0 spiro atoms. The van der Waals surface area contributed by atoms with Crippen LogP contribution >= 0.6 is 22.6 Å². The highest BCUT2D eigenvalue weighted by Gasteiger charge is 2.33. The number of pyridine rings is 1. The summed E-state index contributed by atoms with van der Waals surface area (Å²) in [7, 11) is 0. The molecule has 0 bridgehead atoms. The van der Waals surface area contributed by atoms with Crippen LogP contribution in [0.25, 0.3) is 22.2 Å². The van der Waals surface area contributed by atoms with Gasteiger partial charge in [-0.2, -0.15) is 0 Å². The molecular weight excluding hydrogens is 417 g/mol. The number of fused-ring (bicyclic) bond motifs is 1. The predicted octanol–water partition coefficient (Wildman–Crippen LogP) is 5.44. The summed E-state index contributed by atoms with van der Waals surface area (Å²) in [5.41, 5.74) is 3.46. The van der Waals surface area contributed by atoms with Gasteiger partial charge >= 0.3 is 6.16 Å². The van der Waals surface area contributed by atoms with E-state index in [1.165, 1.54) is 0 Å². The van der Waals surface area contributed by atoms with E-state index < -0.39 is 6.16 Å². The van der Waals surface area contributed by atoms with Gasteiger partial charge < -0.3 is 9.84 Å². The minimum atomic E-state index is -1.29. The fourth-order valence-electron chi connectivity index (χ4n) is 2.99. The summed E-state index contributed by atoms with van der Waals surface area (Å²) in [5.74, 6) is 0.747. The normalized spacial score (nSPS) is 13.9. The van der Waals surface area contributed by atoms with Crippen molar-refractivity contribution in [3.05, 3.63) is 57.7 Å². The van der Waals surface area contributed by atoms with Crippen molar-refractivity contribution in [2.45, 2.75) is 18.8 Å². The van der Waals surface area contributed by atoms with E-state index in [1.807, 2.05) is 48.5 Å². The molecule has 4 nitrogen and oxygen atoms in total. The van der Waals surface area contributed by atoms with E-state index in [0.29, 0.717) is 11.7 Å². The third-order valence-corrected chi connectivity index (χ3v) is 4.83. The number of carbonyl (C=O) groups is 1. The van der Waals surface area contributed by atoms with Gasteiger partial charge in [0.05, 0.1) is 11.2 Å². The van der Waals surface area contributed by atoms with E-state index in [1.54, 1.807) is 0 Å². The average Bonchev–Trinajstić information content (AvgIpc) is 3.40. The molecule has 1 saturated carbocycles. The number of nitrogens with zero attached hydrogens (tertiary/aromatic N) is 1. The third-order valence-electron chi connectivity index (χ3n) is 4.16. The van der Waals surface area contributed by atoms with Gasteiger partial charge in [-0.3, -0.25) is 0 Å². The van der Waals surface area contributed by atoms with Crippen LogP contribution in [0.15, 0.2) is 48.5 Å². The Bertz CT molecular complexity index is 936. The van der Waals surface area contributed by atoms with Gasteiger partial charge in [-0.15, -0.1) is 0 Å². The van der Waals surface area contributed by atoms with Gasteiger partial charge in [0.15, 0.2) is 0 Å². The molecule has 5 heteroatoms. The van der Waals surface area contributed by atoms with Crippen molar-refractivity contribution in [1.29, 1.82) is 0 Å². The first kappa shape index (κ1) is 15.4. The first-order chi connectivity index (χ1) is 11.6. The van der Waals surface area contributed by atoms with E-state index in [0.717, 1.165) is 44.1 Å². The standard InChI is InChI=1S/C19H14INO3/c20-13-8-9-15-14(10-13)18(24-19(22)23)16(11-6-7-11)17(21-15)12-4-2-1-3-5-12/h1-5,8-11H,6-7H2,(H,22,23). The molecule has 120 valence electrons. The summed E-state index contributed by atoms with van der Waals surface area (Å²) in [6.07, 6.45) is 0.780. The Balaban J connectivity index is 2.07. The van der Waals surface area contributed by atoms with E-state index in [4.69, 9.17) is 9.72 Å². The van der Waals surface area contributed by atoms with E-state index >= 15 is 0 Å². The maximum Gasteiger partial charge on any atom is 0.511 e. The zero-order valence-electron chi connectivity index (χ0n) is 12.7. The molecule has 1 fully saturated rings. The van der Waals surface area contributed by atoms with Crippen LogP contribution < -0.4 is 4.74 Å². The molecule has 24 heavy (non-hydrogen) atoms. The van der Waals surface area contributed by atoms with Crippen molar-refractivity contribution >= 4 is 39.6 Å². The Morgan fingerprint density at radius 3 is 2.58 bits per heavy atom. The Morgan fingerprint density at radius 1 is 1.17 bits per heavy atom. The number of rotatable bonds is 3. The van der Waals surface area contributed by atoms with Crippen LogP contribution in [0, 0.1) is 3.57 Å². The number of carboxylic acid groups (broad SMARTS) is 1. The number of aromatic nitrogens is 1. The summed E-state index contributed by atoms with van der Waals surface area (Å²) in [6.45, 7) is 0. The summed E-state index contributed by atoms with van der Waals surface area (Å²) >= 11 is 2.21.